The first-order valence-electron chi connectivity index (χ1n) is 7.05. The summed E-state index contributed by atoms with van der Waals surface area (Å²) in [7, 11) is 0. The Morgan fingerprint density at radius 2 is 2.06 bits per heavy atom. The monoisotopic (exact) mass is 225 g/mol. The zero-order valence-corrected chi connectivity index (χ0v) is 11.0. The number of nitrogens with two attached hydrogens (primary N) is 1. The second-order valence-corrected chi connectivity index (χ2v) is 5.87. The Labute approximate surface area is 99.9 Å². The van der Waals surface area contributed by atoms with Gasteiger partial charge in [0, 0.05) is 11.5 Å². The highest BCUT2D eigenvalue weighted by molar-refractivity contribution is 5.06. The Morgan fingerprint density at radius 3 is 2.69 bits per heavy atom. The minimum absolute atomic E-state index is 0.245. The van der Waals surface area contributed by atoms with E-state index in [0.717, 1.165) is 6.42 Å². The molecule has 0 radical (unpaired) electrons. The van der Waals surface area contributed by atoms with Crippen LogP contribution in [-0.2, 0) is 4.74 Å². The predicted octanol–water partition coefficient (Wildman–Crippen LogP) is 3.10. The number of ether oxygens (including phenoxy) is 1. The quantitative estimate of drug-likeness (QED) is 0.801. The minimum Gasteiger partial charge on any atom is -0.374 e. The van der Waals surface area contributed by atoms with Crippen LogP contribution in [0, 0.1) is 11.3 Å². The standard InChI is InChI=1S/C14H27NO/c1-4-7-10-11(5-2)16-13-9-6-8-12(15)14(10,13)3/h10-13H,4-9,15H2,1-3H3. The van der Waals surface area contributed by atoms with Crippen LogP contribution in [-0.4, -0.2) is 18.2 Å². The van der Waals surface area contributed by atoms with E-state index in [1.165, 1.54) is 32.1 Å². The Hall–Kier alpha value is -0.0800. The zero-order chi connectivity index (χ0) is 11.8. The van der Waals surface area contributed by atoms with Gasteiger partial charge in [0.15, 0.2) is 0 Å². The van der Waals surface area contributed by atoms with Crippen molar-refractivity contribution in [3.05, 3.63) is 0 Å². The van der Waals surface area contributed by atoms with Crippen LogP contribution >= 0.6 is 0 Å². The molecule has 2 aliphatic rings. The molecule has 2 heteroatoms. The first-order chi connectivity index (χ1) is 7.64. The van der Waals surface area contributed by atoms with E-state index in [1.807, 2.05) is 0 Å². The molecule has 1 aliphatic carbocycles. The van der Waals surface area contributed by atoms with Crippen molar-refractivity contribution in [2.75, 3.05) is 0 Å². The van der Waals surface area contributed by atoms with E-state index < -0.39 is 0 Å². The van der Waals surface area contributed by atoms with E-state index in [9.17, 15) is 0 Å². The van der Waals surface area contributed by atoms with Gasteiger partial charge in [-0.25, -0.2) is 0 Å². The van der Waals surface area contributed by atoms with Crippen molar-refractivity contribution in [2.45, 2.75) is 77.5 Å². The summed E-state index contributed by atoms with van der Waals surface area (Å²) in [6.45, 7) is 6.91. The Balaban J connectivity index is 2.23. The van der Waals surface area contributed by atoms with E-state index >= 15 is 0 Å². The van der Waals surface area contributed by atoms with Crippen molar-refractivity contribution in [1.82, 2.24) is 0 Å². The van der Waals surface area contributed by atoms with E-state index in [2.05, 4.69) is 20.8 Å². The molecular formula is C14H27NO. The molecule has 16 heavy (non-hydrogen) atoms. The molecule has 1 saturated heterocycles. The van der Waals surface area contributed by atoms with Gasteiger partial charge in [-0.3, -0.25) is 0 Å². The molecule has 1 aliphatic heterocycles. The highest BCUT2D eigenvalue weighted by Gasteiger charge is 2.55. The number of hydrogen-bond acceptors (Lipinski definition) is 2. The maximum Gasteiger partial charge on any atom is 0.0651 e. The molecule has 5 unspecified atom stereocenters. The summed E-state index contributed by atoms with van der Waals surface area (Å²) in [6, 6.07) is 0.347. The first kappa shape index (κ1) is 12.4. The van der Waals surface area contributed by atoms with Crippen molar-refractivity contribution >= 4 is 0 Å². The molecule has 94 valence electrons. The number of hydrogen-bond donors (Lipinski definition) is 1. The molecule has 2 fully saturated rings. The van der Waals surface area contributed by atoms with E-state index in [-0.39, 0.29) is 5.41 Å². The van der Waals surface area contributed by atoms with Gasteiger partial charge in [0.2, 0.25) is 0 Å². The zero-order valence-electron chi connectivity index (χ0n) is 11.0. The fourth-order valence-corrected chi connectivity index (χ4v) is 4.01. The summed E-state index contributed by atoms with van der Waals surface area (Å²) < 4.78 is 6.27. The molecule has 2 N–H and O–H groups in total. The lowest BCUT2D eigenvalue weighted by molar-refractivity contribution is -0.0137. The summed E-state index contributed by atoms with van der Waals surface area (Å²) in [5, 5.41) is 0. The number of rotatable bonds is 3. The summed E-state index contributed by atoms with van der Waals surface area (Å²) in [5.74, 6) is 0.683. The van der Waals surface area contributed by atoms with Gasteiger partial charge in [-0.2, -0.15) is 0 Å². The topological polar surface area (TPSA) is 35.2 Å². The Morgan fingerprint density at radius 1 is 1.31 bits per heavy atom. The molecule has 2 nitrogen and oxygen atoms in total. The van der Waals surface area contributed by atoms with Gasteiger partial charge in [-0.05, 0) is 38.0 Å². The molecule has 0 amide bonds. The fraction of sp³-hybridized carbons (Fsp3) is 1.00. The molecule has 0 aromatic rings. The van der Waals surface area contributed by atoms with Crippen molar-refractivity contribution in [1.29, 1.82) is 0 Å². The molecule has 1 heterocycles. The molecule has 5 atom stereocenters. The maximum absolute atomic E-state index is 6.41. The summed E-state index contributed by atoms with van der Waals surface area (Å²) >= 11 is 0. The number of fused-ring (bicyclic) bond motifs is 1. The van der Waals surface area contributed by atoms with Gasteiger partial charge in [-0.1, -0.05) is 27.2 Å². The largest absolute Gasteiger partial charge is 0.374 e. The lowest BCUT2D eigenvalue weighted by atomic mass is 9.62. The lowest BCUT2D eigenvalue weighted by Crippen LogP contribution is -2.51. The van der Waals surface area contributed by atoms with Gasteiger partial charge in [0.1, 0.15) is 0 Å². The van der Waals surface area contributed by atoms with Crippen LogP contribution in [0.3, 0.4) is 0 Å². The highest BCUT2D eigenvalue weighted by atomic mass is 16.5. The van der Waals surface area contributed by atoms with Gasteiger partial charge >= 0.3 is 0 Å². The van der Waals surface area contributed by atoms with E-state index in [0.29, 0.717) is 24.2 Å². The van der Waals surface area contributed by atoms with Crippen LogP contribution in [0.25, 0.3) is 0 Å². The molecule has 0 bridgehead atoms. The van der Waals surface area contributed by atoms with Gasteiger partial charge in [-0.15, -0.1) is 0 Å². The van der Waals surface area contributed by atoms with Crippen LogP contribution in [0.5, 0.6) is 0 Å². The Kier molecular flexibility index (Phi) is 3.60. The van der Waals surface area contributed by atoms with Crippen LogP contribution < -0.4 is 5.73 Å². The molecule has 0 aromatic heterocycles. The normalized spacial score (nSPS) is 48.0. The van der Waals surface area contributed by atoms with Gasteiger partial charge in [0.05, 0.1) is 12.2 Å². The predicted molar refractivity (Wildman–Crippen MR) is 67.3 cm³/mol. The lowest BCUT2D eigenvalue weighted by Gasteiger charge is -2.44. The molecule has 1 saturated carbocycles. The van der Waals surface area contributed by atoms with E-state index in [1.54, 1.807) is 0 Å². The average Bonchev–Trinajstić information content (AvgIpc) is 2.56. The molecule has 0 aromatic carbocycles. The van der Waals surface area contributed by atoms with Crippen LogP contribution in [0.4, 0.5) is 0 Å². The van der Waals surface area contributed by atoms with Crippen molar-refractivity contribution in [2.24, 2.45) is 17.1 Å². The fourth-order valence-electron chi connectivity index (χ4n) is 4.01. The van der Waals surface area contributed by atoms with Gasteiger partial charge < -0.3 is 10.5 Å². The van der Waals surface area contributed by atoms with Gasteiger partial charge in [0.25, 0.3) is 0 Å². The third-order valence-corrected chi connectivity index (χ3v) is 5.06. The molecule has 2 rings (SSSR count). The maximum atomic E-state index is 6.41. The average molecular weight is 225 g/mol. The van der Waals surface area contributed by atoms with Crippen LogP contribution in [0.15, 0.2) is 0 Å². The minimum atomic E-state index is 0.245. The molecular weight excluding hydrogens is 198 g/mol. The third kappa shape index (κ3) is 1.70. The summed E-state index contributed by atoms with van der Waals surface area (Å²) in [4.78, 5) is 0. The summed E-state index contributed by atoms with van der Waals surface area (Å²) in [5.41, 5.74) is 6.66. The Bertz CT molecular complexity index is 243. The van der Waals surface area contributed by atoms with Crippen LogP contribution in [0.1, 0.15) is 59.3 Å². The van der Waals surface area contributed by atoms with E-state index in [4.69, 9.17) is 10.5 Å². The second-order valence-electron chi connectivity index (χ2n) is 5.87. The third-order valence-electron chi connectivity index (χ3n) is 5.06. The van der Waals surface area contributed by atoms with Crippen molar-refractivity contribution in [3.63, 3.8) is 0 Å². The second kappa shape index (κ2) is 4.66. The smallest absolute Gasteiger partial charge is 0.0651 e. The molecule has 0 spiro atoms. The SMILES string of the molecule is CCCC1C(CC)OC2CCCC(N)C21C. The highest BCUT2D eigenvalue weighted by Crippen LogP contribution is 2.53. The first-order valence-corrected chi connectivity index (χ1v) is 7.05. The summed E-state index contributed by atoms with van der Waals surface area (Å²) in [6.07, 6.45) is 8.21. The van der Waals surface area contributed by atoms with Crippen LogP contribution in [0.2, 0.25) is 0 Å². The van der Waals surface area contributed by atoms with Crippen molar-refractivity contribution < 1.29 is 4.74 Å². The van der Waals surface area contributed by atoms with Crippen molar-refractivity contribution in [3.8, 4) is 0 Å².